The van der Waals surface area contributed by atoms with Crippen LogP contribution in [-0.2, 0) is 25.0 Å². The Labute approximate surface area is 286 Å². The maximum atomic E-state index is 13.5. The molecule has 0 unspecified atom stereocenters. The largest absolute Gasteiger partial charge is 0.326 e. The Kier molecular flexibility index (Phi) is 9.87. The summed E-state index contributed by atoms with van der Waals surface area (Å²) in [5, 5.41) is 17.6. The molecule has 17 heteroatoms. The number of aryl methyl sites for hydroxylation is 2. The number of carbonyl (C=O) groups excluding carboxylic acids is 3. The number of hydrogen-bond donors (Lipinski definition) is 5. The summed E-state index contributed by atoms with van der Waals surface area (Å²) < 4.78 is 66.7. The third-order valence-electron chi connectivity index (χ3n) is 7.25. The molecule has 0 aromatic heterocycles. The quantitative estimate of drug-likeness (QED) is 0.0762. The smallest absolute Gasteiger partial charge is 0.296 e. The van der Waals surface area contributed by atoms with Crippen LogP contribution in [0.3, 0.4) is 0 Å². The van der Waals surface area contributed by atoms with Crippen molar-refractivity contribution in [2.24, 2.45) is 15.3 Å². The van der Waals surface area contributed by atoms with Gasteiger partial charge in [-0.25, -0.2) is 0 Å². The molecule has 50 heavy (non-hydrogen) atoms. The molecule has 4 aromatic carbocycles. The topological polar surface area (TPSA) is 233 Å². The Morgan fingerprint density at radius 3 is 2.16 bits per heavy atom. The predicted molar refractivity (Wildman–Crippen MR) is 186 cm³/mol. The number of hydrazone groups is 1. The predicted octanol–water partition coefficient (Wildman–Crippen LogP) is 6.07. The Morgan fingerprint density at radius 2 is 1.50 bits per heavy atom. The molecular formula is C33H28N6O9S2. The zero-order valence-electron chi connectivity index (χ0n) is 26.5. The fraction of sp³-hybridized carbons (Fsp3) is 0.0909. The zero-order chi connectivity index (χ0) is 36.4. The summed E-state index contributed by atoms with van der Waals surface area (Å²) in [5.41, 5.74) is 5.33. The Hall–Kier alpha value is -5.88. The Balaban J connectivity index is 1.36. The normalized spacial score (nSPS) is 13.9. The fourth-order valence-corrected chi connectivity index (χ4v) is 6.05. The first kappa shape index (κ1) is 35.4. The molecule has 0 fully saturated rings. The average Bonchev–Trinajstić information content (AvgIpc) is 3.03. The lowest BCUT2D eigenvalue weighted by atomic mass is 9.94. The van der Waals surface area contributed by atoms with Gasteiger partial charge in [-0.05, 0) is 109 Å². The van der Waals surface area contributed by atoms with E-state index in [0.717, 1.165) is 6.08 Å². The minimum absolute atomic E-state index is 0.0657. The molecule has 0 saturated heterocycles. The minimum Gasteiger partial charge on any atom is -0.326 e. The first-order valence-electron chi connectivity index (χ1n) is 14.5. The molecule has 0 spiro atoms. The summed E-state index contributed by atoms with van der Waals surface area (Å²) in [6, 6.07) is 19.0. The number of anilines is 3. The van der Waals surface area contributed by atoms with Crippen molar-refractivity contribution in [3.8, 4) is 0 Å². The highest BCUT2D eigenvalue weighted by atomic mass is 32.2. The van der Waals surface area contributed by atoms with Gasteiger partial charge in [0.2, 0.25) is 11.7 Å². The number of azo groups is 1. The SMILES string of the molecule is CC(=O)Nc1cccc(C(=O)Nc2ccc3c(c2)C=C(S(=O)(=O)O)/C(=N/Nc2ccc(N=Nc4ccc(S(=O)(=O)O)cc4C)cc2C)C3=O)c1. The van der Waals surface area contributed by atoms with E-state index in [-0.39, 0.29) is 33.2 Å². The van der Waals surface area contributed by atoms with Crippen LogP contribution in [0.25, 0.3) is 6.08 Å². The molecule has 0 radical (unpaired) electrons. The second-order valence-corrected chi connectivity index (χ2v) is 13.8. The lowest BCUT2D eigenvalue weighted by Gasteiger charge is -2.17. The van der Waals surface area contributed by atoms with Crippen molar-refractivity contribution in [2.75, 3.05) is 16.1 Å². The van der Waals surface area contributed by atoms with Crippen molar-refractivity contribution < 1.29 is 40.3 Å². The maximum absolute atomic E-state index is 13.5. The molecule has 4 aromatic rings. The van der Waals surface area contributed by atoms with Crippen molar-refractivity contribution >= 4 is 78.1 Å². The molecule has 1 aliphatic carbocycles. The number of nitrogens with zero attached hydrogens (tertiary/aromatic N) is 3. The summed E-state index contributed by atoms with van der Waals surface area (Å²) in [7, 11) is -9.31. The number of fused-ring (bicyclic) bond motifs is 1. The molecule has 5 N–H and O–H groups in total. The van der Waals surface area contributed by atoms with Crippen LogP contribution in [-0.4, -0.2) is 49.3 Å². The number of allylic oxidation sites excluding steroid dienone is 1. The van der Waals surface area contributed by atoms with E-state index in [1.807, 2.05) is 0 Å². The van der Waals surface area contributed by atoms with E-state index in [1.54, 1.807) is 44.2 Å². The standard InChI is InChI=1S/C33H28N6O9S2/c1-18-13-25(36-37-29-12-9-26(14-19(29)2)49(43,44)45)8-11-28(18)38-39-31-30(50(46,47)48)17-22-16-24(7-10-27(22)32(31)41)35-33(42)21-5-4-6-23(15-21)34-20(3)40/h4-17,38H,1-3H3,(H,34,40)(H,35,42)(H,43,44,45)(H,46,47,48)/b37-36?,39-31-. The molecule has 0 aliphatic heterocycles. The first-order chi connectivity index (χ1) is 23.5. The van der Waals surface area contributed by atoms with Crippen LogP contribution < -0.4 is 16.1 Å². The van der Waals surface area contributed by atoms with Gasteiger partial charge in [0.05, 0.1) is 22.0 Å². The first-order valence-corrected chi connectivity index (χ1v) is 17.4. The molecule has 0 bridgehead atoms. The third kappa shape index (κ3) is 8.21. The van der Waals surface area contributed by atoms with Gasteiger partial charge >= 0.3 is 0 Å². The minimum atomic E-state index is -4.94. The Morgan fingerprint density at radius 1 is 0.760 bits per heavy atom. The monoisotopic (exact) mass is 716 g/mol. The van der Waals surface area contributed by atoms with Crippen LogP contribution in [0, 0.1) is 13.8 Å². The number of amides is 2. The molecule has 0 saturated carbocycles. The van der Waals surface area contributed by atoms with Gasteiger partial charge in [-0.3, -0.25) is 28.9 Å². The number of carbonyl (C=O) groups is 3. The number of Topliss-reactive ketones (excluding diaryl/α,β-unsaturated/α-hetero) is 1. The van der Waals surface area contributed by atoms with E-state index in [2.05, 4.69) is 31.4 Å². The summed E-state index contributed by atoms with van der Waals surface area (Å²) in [4.78, 5) is 36.7. The Bertz CT molecular complexity index is 2400. The lowest BCUT2D eigenvalue weighted by Crippen LogP contribution is -2.27. The fourth-order valence-electron chi connectivity index (χ4n) is 4.83. The van der Waals surface area contributed by atoms with E-state index < -0.39 is 42.5 Å². The number of ketones is 1. The highest BCUT2D eigenvalue weighted by Gasteiger charge is 2.33. The molecule has 1 aliphatic rings. The molecule has 2 amide bonds. The van der Waals surface area contributed by atoms with E-state index >= 15 is 0 Å². The van der Waals surface area contributed by atoms with Crippen LogP contribution in [0.4, 0.5) is 28.4 Å². The van der Waals surface area contributed by atoms with Gasteiger partial charge in [-0.2, -0.15) is 32.2 Å². The molecule has 5 rings (SSSR count). The second kappa shape index (κ2) is 13.9. The van der Waals surface area contributed by atoms with Crippen molar-refractivity contribution in [1.82, 2.24) is 0 Å². The summed E-state index contributed by atoms with van der Waals surface area (Å²) in [6.45, 7) is 4.63. The van der Waals surface area contributed by atoms with Gasteiger partial charge < -0.3 is 10.6 Å². The van der Waals surface area contributed by atoms with Gasteiger partial charge in [-0.1, -0.05) is 6.07 Å². The molecule has 256 valence electrons. The molecule has 15 nitrogen and oxygen atoms in total. The summed E-state index contributed by atoms with van der Waals surface area (Å²) >= 11 is 0. The summed E-state index contributed by atoms with van der Waals surface area (Å²) in [5.74, 6) is -1.64. The van der Waals surface area contributed by atoms with Gasteiger partial charge in [0.15, 0.2) is 5.71 Å². The van der Waals surface area contributed by atoms with Crippen molar-refractivity contribution in [1.29, 1.82) is 0 Å². The number of benzene rings is 4. The van der Waals surface area contributed by atoms with Crippen molar-refractivity contribution in [3.63, 3.8) is 0 Å². The number of nitrogens with one attached hydrogen (secondary N) is 3. The maximum Gasteiger partial charge on any atom is 0.296 e. The van der Waals surface area contributed by atoms with E-state index in [9.17, 15) is 40.3 Å². The molecular weight excluding hydrogens is 689 g/mol. The van der Waals surface area contributed by atoms with Crippen LogP contribution in [0.15, 0.2) is 104 Å². The highest BCUT2D eigenvalue weighted by Crippen LogP contribution is 2.30. The van der Waals surface area contributed by atoms with Crippen molar-refractivity contribution in [2.45, 2.75) is 25.7 Å². The molecule has 0 atom stereocenters. The van der Waals surface area contributed by atoms with Crippen molar-refractivity contribution in [3.05, 3.63) is 112 Å². The summed E-state index contributed by atoms with van der Waals surface area (Å²) in [6.07, 6.45) is 1.07. The van der Waals surface area contributed by atoms with Gasteiger partial charge in [0, 0.05) is 29.4 Å². The lowest BCUT2D eigenvalue weighted by molar-refractivity contribution is -0.114. The van der Waals surface area contributed by atoms with Crippen LogP contribution >= 0.6 is 0 Å². The van der Waals surface area contributed by atoms with Gasteiger partial charge in [-0.15, -0.1) is 0 Å². The van der Waals surface area contributed by atoms with Crippen LogP contribution in [0.2, 0.25) is 0 Å². The second-order valence-electron chi connectivity index (χ2n) is 11.0. The van der Waals surface area contributed by atoms with Crippen LogP contribution in [0.5, 0.6) is 0 Å². The van der Waals surface area contributed by atoms with E-state index in [0.29, 0.717) is 33.9 Å². The number of rotatable bonds is 9. The van der Waals surface area contributed by atoms with Crippen LogP contribution in [0.1, 0.15) is 44.3 Å². The number of hydrogen-bond acceptors (Lipinski definition) is 11. The van der Waals surface area contributed by atoms with E-state index in [4.69, 9.17) is 0 Å². The van der Waals surface area contributed by atoms with Gasteiger partial charge in [0.25, 0.3) is 26.1 Å². The van der Waals surface area contributed by atoms with E-state index in [1.165, 1.54) is 55.5 Å². The zero-order valence-corrected chi connectivity index (χ0v) is 28.1. The molecule has 0 heterocycles. The third-order valence-corrected chi connectivity index (χ3v) is 8.97. The highest BCUT2D eigenvalue weighted by molar-refractivity contribution is 7.91. The van der Waals surface area contributed by atoms with Gasteiger partial charge in [0.1, 0.15) is 4.91 Å². The average molecular weight is 717 g/mol.